The number of benzene rings is 1. The van der Waals surface area contributed by atoms with Crippen LogP contribution in [0.5, 0.6) is 0 Å². The van der Waals surface area contributed by atoms with E-state index >= 15 is 0 Å². The molecule has 2 N–H and O–H groups in total. The Balaban J connectivity index is 1.75. The zero-order chi connectivity index (χ0) is 17.3. The predicted octanol–water partition coefficient (Wildman–Crippen LogP) is 3.40. The summed E-state index contributed by atoms with van der Waals surface area (Å²) >= 11 is 0. The first kappa shape index (κ1) is 17.5. The number of hydrogen-bond acceptors (Lipinski definition) is 4. The molecular weight excluding hydrogens is 302 g/mol. The van der Waals surface area contributed by atoms with Gasteiger partial charge in [-0.15, -0.1) is 0 Å². The summed E-state index contributed by atoms with van der Waals surface area (Å²) in [7, 11) is 0. The zero-order valence-corrected chi connectivity index (χ0v) is 15.0. The first-order valence-electron chi connectivity index (χ1n) is 8.99. The number of furan rings is 1. The minimum atomic E-state index is -0.483. The zero-order valence-electron chi connectivity index (χ0n) is 15.0. The van der Waals surface area contributed by atoms with Crippen molar-refractivity contribution in [3.63, 3.8) is 0 Å². The van der Waals surface area contributed by atoms with E-state index in [0.717, 1.165) is 37.2 Å². The van der Waals surface area contributed by atoms with Gasteiger partial charge in [0.05, 0.1) is 19.3 Å². The lowest BCUT2D eigenvalue weighted by Crippen LogP contribution is -2.52. The third kappa shape index (κ3) is 3.10. The molecule has 0 aliphatic carbocycles. The van der Waals surface area contributed by atoms with Crippen LogP contribution in [0, 0.1) is 19.3 Å². The second-order valence-electron chi connectivity index (χ2n) is 7.42. The fourth-order valence-electron chi connectivity index (χ4n) is 4.01. The maximum absolute atomic E-state index is 10.6. The number of nitrogens with zero attached hydrogens (tertiary/aromatic N) is 1. The van der Waals surface area contributed by atoms with E-state index in [-0.39, 0.29) is 12.0 Å². The van der Waals surface area contributed by atoms with Gasteiger partial charge in [0.2, 0.25) is 0 Å². The number of aliphatic hydroxyl groups excluding tert-OH is 2. The average Bonchev–Trinajstić information content (AvgIpc) is 2.86. The fraction of sp³-hybridized carbons (Fsp3) is 0.600. The lowest BCUT2D eigenvalue weighted by Gasteiger charge is -2.44. The number of fused-ring (bicyclic) bond motifs is 1. The molecule has 1 aromatic carbocycles. The van der Waals surface area contributed by atoms with Crippen molar-refractivity contribution in [3.05, 3.63) is 35.1 Å². The number of rotatable bonds is 5. The summed E-state index contributed by atoms with van der Waals surface area (Å²) in [5, 5.41) is 21.6. The van der Waals surface area contributed by atoms with Crippen molar-refractivity contribution in [1.82, 2.24) is 4.90 Å². The molecule has 0 spiro atoms. The van der Waals surface area contributed by atoms with Crippen LogP contribution in [0.3, 0.4) is 0 Å². The standard InChI is InChI=1S/C20H29NO3/c1-4-7-20(13-22)8-9-21(12-19(20)23)11-18-15(3)16-10-14(2)5-6-17(16)24-18/h5-6,10,19,22-23H,4,7-9,11-13H2,1-3H3/t19-,20+/m0/s1. The summed E-state index contributed by atoms with van der Waals surface area (Å²) < 4.78 is 6.04. The van der Waals surface area contributed by atoms with Crippen molar-refractivity contribution in [3.8, 4) is 0 Å². The molecule has 0 radical (unpaired) electrons. The van der Waals surface area contributed by atoms with Crippen LogP contribution in [0.4, 0.5) is 0 Å². The molecule has 2 aromatic rings. The third-order valence-corrected chi connectivity index (χ3v) is 5.68. The van der Waals surface area contributed by atoms with Crippen molar-refractivity contribution in [2.45, 2.75) is 52.7 Å². The molecule has 0 amide bonds. The largest absolute Gasteiger partial charge is 0.459 e. The van der Waals surface area contributed by atoms with Crippen LogP contribution in [0.25, 0.3) is 11.0 Å². The molecule has 1 aromatic heterocycles. The number of β-amino-alcohol motifs (C(OH)–C–C–N with tert-alkyl or cyclic N) is 1. The summed E-state index contributed by atoms with van der Waals surface area (Å²) in [5.41, 5.74) is 3.03. The van der Waals surface area contributed by atoms with Crippen LogP contribution in [0.15, 0.2) is 22.6 Å². The maximum atomic E-state index is 10.6. The highest BCUT2D eigenvalue weighted by atomic mass is 16.3. The van der Waals surface area contributed by atoms with E-state index in [9.17, 15) is 10.2 Å². The van der Waals surface area contributed by atoms with Gasteiger partial charge in [0.25, 0.3) is 0 Å². The van der Waals surface area contributed by atoms with Gasteiger partial charge < -0.3 is 14.6 Å². The van der Waals surface area contributed by atoms with Crippen LogP contribution in [-0.4, -0.2) is 40.9 Å². The van der Waals surface area contributed by atoms with E-state index in [4.69, 9.17) is 4.42 Å². The molecule has 1 aliphatic heterocycles. The molecule has 1 fully saturated rings. The molecule has 1 aliphatic rings. The monoisotopic (exact) mass is 331 g/mol. The summed E-state index contributed by atoms with van der Waals surface area (Å²) in [6.45, 7) is 8.56. The number of aliphatic hydroxyl groups is 2. The van der Waals surface area contributed by atoms with Gasteiger partial charge in [-0.05, 0) is 50.9 Å². The van der Waals surface area contributed by atoms with E-state index in [1.165, 1.54) is 16.5 Å². The van der Waals surface area contributed by atoms with Gasteiger partial charge in [-0.2, -0.15) is 0 Å². The molecule has 0 saturated carbocycles. The van der Waals surface area contributed by atoms with Gasteiger partial charge in [-0.3, -0.25) is 4.90 Å². The van der Waals surface area contributed by atoms with E-state index < -0.39 is 6.10 Å². The normalized spacial score (nSPS) is 25.5. The molecular formula is C20H29NO3. The number of aryl methyl sites for hydroxylation is 2. The van der Waals surface area contributed by atoms with Gasteiger partial charge in [0.15, 0.2) is 0 Å². The minimum absolute atomic E-state index is 0.0682. The predicted molar refractivity (Wildman–Crippen MR) is 96.0 cm³/mol. The van der Waals surface area contributed by atoms with Crippen LogP contribution < -0.4 is 0 Å². The van der Waals surface area contributed by atoms with E-state index in [1.54, 1.807) is 0 Å². The molecule has 1 saturated heterocycles. The SMILES string of the molecule is CCC[C@]1(CO)CCN(Cc2oc3ccc(C)cc3c2C)C[C@@H]1O. The van der Waals surface area contributed by atoms with Crippen molar-refractivity contribution >= 4 is 11.0 Å². The van der Waals surface area contributed by atoms with Gasteiger partial charge in [-0.25, -0.2) is 0 Å². The molecule has 3 rings (SSSR count). The van der Waals surface area contributed by atoms with Gasteiger partial charge in [0, 0.05) is 17.3 Å². The third-order valence-electron chi connectivity index (χ3n) is 5.68. The molecule has 24 heavy (non-hydrogen) atoms. The van der Waals surface area contributed by atoms with Crippen molar-refractivity contribution in [2.75, 3.05) is 19.7 Å². The smallest absolute Gasteiger partial charge is 0.134 e. The Morgan fingerprint density at radius 3 is 2.79 bits per heavy atom. The molecule has 0 bridgehead atoms. The van der Waals surface area contributed by atoms with E-state index in [1.807, 2.05) is 6.07 Å². The van der Waals surface area contributed by atoms with E-state index in [2.05, 4.69) is 37.8 Å². The Hall–Kier alpha value is -1.36. The topological polar surface area (TPSA) is 56.8 Å². The summed E-state index contributed by atoms with van der Waals surface area (Å²) in [5.74, 6) is 0.981. The first-order valence-corrected chi connectivity index (χ1v) is 8.99. The van der Waals surface area contributed by atoms with Crippen LogP contribution in [0.1, 0.15) is 43.1 Å². The molecule has 2 atom stereocenters. The fourth-order valence-corrected chi connectivity index (χ4v) is 4.01. The quantitative estimate of drug-likeness (QED) is 0.882. The summed E-state index contributed by atoms with van der Waals surface area (Å²) in [6, 6.07) is 6.27. The number of piperidine rings is 1. The van der Waals surface area contributed by atoms with Crippen molar-refractivity contribution in [2.24, 2.45) is 5.41 Å². The van der Waals surface area contributed by atoms with Crippen molar-refractivity contribution < 1.29 is 14.6 Å². The van der Waals surface area contributed by atoms with Crippen LogP contribution >= 0.6 is 0 Å². The second kappa shape index (κ2) is 6.87. The lowest BCUT2D eigenvalue weighted by molar-refractivity contribution is -0.0811. The van der Waals surface area contributed by atoms with Gasteiger partial charge in [0.1, 0.15) is 11.3 Å². The Bertz CT molecular complexity index is 708. The highest BCUT2D eigenvalue weighted by molar-refractivity contribution is 5.82. The maximum Gasteiger partial charge on any atom is 0.134 e. The highest BCUT2D eigenvalue weighted by Crippen LogP contribution is 2.37. The highest BCUT2D eigenvalue weighted by Gasteiger charge is 2.41. The Morgan fingerprint density at radius 1 is 1.33 bits per heavy atom. The Morgan fingerprint density at radius 2 is 2.12 bits per heavy atom. The first-order chi connectivity index (χ1) is 11.5. The van der Waals surface area contributed by atoms with Gasteiger partial charge >= 0.3 is 0 Å². The average molecular weight is 331 g/mol. The lowest BCUT2D eigenvalue weighted by atomic mass is 9.73. The Labute approximate surface area is 144 Å². The Kier molecular flexibility index (Phi) is 5.00. The summed E-state index contributed by atoms with van der Waals surface area (Å²) in [6.07, 6.45) is 2.21. The second-order valence-corrected chi connectivity index (χ2v) is 7.42. The van der Waals surface area contributed by atoms with Crippen LogP contribution in [-0.2, 0) is 6.54 Å². The molecule has 2 heterocycles. The van der Waals surface area contributed by atoms with E-state index in [0.29, 0.717) is 13.1 Å². The molecule has 4 nitrogen and oxygen atoms in total. The van der Waals surface area contributed by atoms with Crippen LogP contribution in [0.2, 0.25) is 0 Å². The molecule has 0 unspecified atom stereocenters. The van der Waals surface area contributed by atoms with Gasteiger partial charge in [-0.1, -0.05) is 25.0 Å². The summed E-state index contributed by atoms with van der Waals surface area (Å²) in [4.78, 5) is 2.24. The number of hydrogen-bond donors (Lipinski definition) is 2. The molecule has 4 heteroatoms. The number of likely N-dealkylation sites (tertiary alicyclic amines) is 1. The minimum Gasteiger partial charge on any atom is -0.459 e. The molecule has 132 valence electrons. The van der Waals surface area contributed by atoms with Crippen molar-refractivity contribution in [1.29, 1.82) is 0 Å².